The molecule has 24 heavy (non-hydrogen) atoms. The minimum atomic E-state index is -0.431. The van der Waals surface area contributed by atoms with Crippen LogP contribution in [0.5, 0.6) is 0 Å². The quantitative estimate of drug-likeness (QED) is 0.597. The van der Waals surface area contributed by atoms with Crippen LogP contribution < -0.4 is 0 Å². The van der Waals surface area contributed by atoms with Crippen molar-refractivity contribution in [3.05, 3.63) is 114 Å². The highest BCUT2D eigenvalue weighted by Crippen LogP contribution is 2.22. The summed E-state index contributed by atoms with van der Waals surface area (Å²) in [5.41, 5.74) is 2.55. The van der Waals surface area contributed by atoms with Crippen molar-refractivity contribution in [3.63, 3.8) is 0 Å². The Morgan fingerprint density at radius 1 is 0.750 bits per heavy atom. The van der Waals surface area contributed by atoms with Gasteiger partial charge in [-0.1, -0.05) is 84.9 Å². The number of ether oxygens (including phenoxy) is 1. The lowest BCUT2D eigenvalue weighted by atomic mass is 10.1. The molecule has 118 valence electrons. The number of benzene rings is 3. The second-order valence-corrected chi connectivity index (χ2v) is 5.37. The van der Waals surface area contributed by atoms with E-state index < -0.39 is 6.10 Å². The fourth-order valence-electron chi connectivity index (χ4n) is 2.38. The lowest BCUT2D eigenvalue weighted by Crippen LogP contribution is -2.10. The van der Waals surface area contributed by atoms with Gasteiger partial charge < -0.3 is 4.74 Å². The van der Waals surface area contributed by atoms with Crippen LogP contribution in [-0.2, 0) is 4.74 Å². The standard InChI is InChI=1S/C22H18O2/c23-22(20-14-8-3-9-15-20)24-21(19-12-6-2-7-13-19)17-16-18-10-4-1-5-11-18/h1-17,21H/b17-16+/t21-/m0/s1. The smallest absolute Gasteiger partial charge is 0.339 e. The molecule has 0 spiro atoms. The topological polar surface area (TPSA) is 26.3 Å². The van der Waals surface area contributed by atoms with Gasteiger partial charge in [0.05, 0.1) is 5.56 Å². The molecule has 0 N–H and O–H groups in total. The molecule has 0 aliphatic rings. The van der Waals surface area contributed by atoms with Gasteiger partial charge in [0.2, 0.25) is 0 Å². The number of esters is 1. The van der Waals surface area contributed by atoms with Gasteiger partial charge in [0.1, 0.15) is 6.10 Å². The van der Waals surface area contributed by atoms with Gasteiger partial charge in [-0.2, -0.15) is 0 Å². The third kappa shape index (κ3) is 4.20. The molecule has 0 aliphatic carbocycles. The Labute approximate surface area is 142 Å². The molecule has 0 bridgehead atoms. The molecule has 0 aromatic heterocycles. The van der Waals surface area contributed by atoms with Crippen LogP contribution in [0.4, 0.5) is 0 Å². The van der Waals surface area contributed by atoms with Gasteiger partial charge in [0, 0.05) is 0 Å². The molecule has 0 saturated heterocycles. The molecule has 3 aromatic rings. The summed E-state index contributed by atoms with van der Waals surface area (Å²) in [6.45, 7) is 0. The van der Waals surface area contributed by atoms with Crippen molar-refractivity contribution in [1.29, 1.82) is 0 Å². The van der Waals surface area contributed by atoms with E-state index in [0.717, 1.165) is 11.1 Å². The summed E-state index contributed by atoms with van der Waals surface area (Å²) < 4.78 is 5.72. The number of carbonyl (C=O) groups is 1. The van der Waals surface area contributed by atoms with Crippen LogP contribution >= 0.6 is 0 Å². The molecule has 0 heterocycles. The molecule has 3 rings (SSSR count). The first kappa shape index (κ1) is 15.8. The first-order valence-electron chi connectivity index (χ1n) is 7.87. The fourth-order valence-corrected chi connectivity index (χ4v) is 2.38. The summed E-state index contributed by atoms with van der Waals surface area (Å²) in [6.07, 6.45) is 3.45. The molecular formula is C22H18O2. The molecule has 0 saturated carbocycles. The highest BCUT2D eigenvalue weighted by Gasteiger charge is 2.15. The molecule has 0 aliphatic heterocycles. The Balaban J connectivity index is 1.83. The number of carbonyl (C=O) groups excluding carboxylic acids is 1. The predicted octanol–water partition coefficient (Wildman–Crippen LogP) is 5.30. The van der Waals surface area contributed by atoms with E-state index in [1.54, 1.807) is 12.1 Å². The van der Waals surface area contributed by atoms with Crippen molar-refractivity contribution < 1.29 is 9.53 Å². The fraction of sp³-hybridized carbons (Fsp3) is 0.0455. The summed E-state index contributed by atoms with van der Waals surface area (Å²) in [5, 5.41) is 0. The molecule has 3 aromatic carbocycles. The van der Waals surface area contributed by atoms with Gasteiger partial charge in [-0.05, 0) is 29.3 Å². The van der Waals surface area contributed by atoms with Crippen LogP contribution in [0.2, 0.25) is 0 Å². The van der Waals surface area contributed by atoms with E-state index in [-0.39, 0.29) is 5.97 Å². The van der Waals surface area contributed by atoms with Gasteiger partial charge in [0.15, 0.2) is 0 Å². The Bertz CT molecular complexity index is 793. The number of hydrogen-bond acceptors (Lipinski definition) is 2. The van der Waals surface area contributed by atoms with Gasteiger partial charge in [-0.3, -0.25) is 0 Å². The van der Waals surface area contributed by atoms with Crippen LogP contribution in [0.25, 0.3) is 6.08 Å². The molecule has 0 amide bonds. The van der Waals surface area contributed by atoms with Crippen LogP contribution in [0.3, 0.4) is 0 Å². The lowest BCUT2D eigenvalue weighted by Gasteiger charge is -2.15. The minimum absolute atomic E-state index is 0.331. The van der Waals surface area contributed by atoms with E-state index in [1.165, 1.54) is 0 Å². The van der Waals surface area contributed by atoms with Gasteiger partial charge in [0.25, 0.3) is 0 Å². The Kier molecular flexibility index (Phi) is 5.21. The maximum atomic E-state index is 12.4. The van der Waals surface area contributed by atoms with Crippen molar-refractivity contribution in [2.24, 2.45) is 0 Å². The second kappa shape index (κ2) is 7.93. The molecule has 1 atom stereocenters. The Hall–Kier alpha value is -3.13. The number of rotatable bonds is 5. The average molecular weight is 314 g/mol. The van der Waals surface area contributed by atoms with Gasteiger partial charge in [-0.15, -0.1) is 0 Å². The number of hydrogen-bond donors (Lipinski definition) is 0. The molecule has 0 radical (unpaired) electrons. The zero-order valence-corrected chi connectivity index (χ0v) is 13.2. The van der Waals surface area contributed by atoms with E-state index in [0.29, 0.717) is 5.56 Å². The van der Waals surface area contributed by atoms with Crippen LogP contribution in [-0.4, -0.2) is 5.97 Å². The third-order valence-electron chi connectivity index (χ3n) is 3.63. The predicted molar refractivity (Wildman–Crippen MR) is 96.5 cm³/mol. The van der Waals surface area contributed by atoms with Gasteiger partial charge >= 0.3 is 5.97 Å². The summed E-state index contributed by atoms with van der Waals surface area (Å²) in [5.74, 6) is -0.331. The summed E-state index contributed by atoms with van der Waals surface area (Å²) in [7, 11) is 0. The Morgan fingerprint density at radius 2 is 1.29 bits per heavy atom. The highest BCUT2D eigenvalue weighted by atomic mass is 16.5. The molecule has 0 fully saturated rings. The van der Waals surface area contributed by atoms with Gasteiger partial charge in [-0.25, -0.2) is 4.79 Å². The van der Waals surface area contributed by atoms with E-state index in [1.807, 2.05) is 91.0 Å². The molecule has 0 unspecified atom stereocenters. The zero-order chi connectivity index (χ0) is 16.6. The van der Waals surface area contributed by atoms with Crippen LogP contribution in [0.1, 0.15) is 27.6 Å². The average Bonchev–Trinajstić information content (AvgIpc) is 2.67. The zero-order valence-electron chi connectivity index (χ0n) is 13.2. The summed E-state index contributed by atoms with van der Waals surface area (Å²) >= 11 is 0. The van der Waals surface area contributed by atoms with Crippen molar-refractivity contribution >= 4 is 12.0 Å². The SMILES string of the molecule is O=C(O[C@@H](/C=C/c1ccccc1)c1ccccc1)c1ccccc1. The third-order valence-corrected chi connectivity index (χ3v) is 3.63. The highest BCUT2D eigenvalue weighted by molar-refractivity contribution is 5.89. The lowest BCUT2D eigenvalue weighted by molar-refractivity contribution is 0.0393. The summed E-state index contributed by atoms with van der Waals surface area (Å²) in [4.78, 5) is 12.4. The monoisotopic (exact) mass is 314 g/mol. The largest absolute Gasteiger partial charge is 0.450 e. The van der Waals surface area contributed by atoms with E-state index in [9.17, 15) is 4.79 Å². The van der Waals surface area contributed by atoms with Crippen molar-refractivity contribution in [2.45, 2.75) is 6.10 Å². The van der Waals surface area contributed by atoms with Crippen molar-refractivity contribution in [1.82, 2.24) is 0 Å². The maximum Gasteiger partial charge on any atom is 0.339 e. The van der Waals surface area contributed by atoms with Crippen LogP contribution in [0.15, 0.2) is 97.1 Å². The van der Waals surface area contributed by atoms with Crippen LogP contribution in [0, 0.1) is 0 Å². The Morgan fingerprint density at radius 3 is 1.92 bits per heavy atom. The first-order valence-corrected chi connectivity index (χ1v) is 7.87. The van der Waals surface area contributed by atoms with Crippen molar-refractivity contribution in [2.75, 3.05) is 0 Å². The van der Waals surface area contributed by atoms with E-state index >= 15 is 0 Å². The minimum Gasteiger partial charge on any atom is -0.450 e. The van der Waals surface area contributed by atoms with Crippen molar-refractivity contribution in [3.8, 4) is 0 Å². The second-order valence-electron chi connectivity index (χ2n) is 5.37. The molecule has 2 nitrogen and oxygen atoms in total. The maximum absolute atomic E-state index is 12.4. The first-order chi connectivity index (χ1) is 11.8. The van der Waals surface area contributed by atoms with E-state index in [2.05, 4.69) is 0 Å². The summed E-state index contributed by atoms with van der Waals surface area (Å²) in [6, 6.07) is 28.7. The molecular weight excluding hydrogens is 296 g/mol. The normalized spacial score (nSPS) is 12.0. The van der Waals surface area contributed by atoms with E-state index in [4.69, 9.17) is 4.74 Å². The molecule has 2 heteroatoms.